The van der Waals surface area contributed by atoms with Gasteiger partial charge in [0.15, 0.2) is 0 Å². The Morgan fingerprint density at radius 2 is 1.73 bits per heavy atom. The van der Waals surface area contributed by atoms with Gasteiger partial charge in [-0.05, 0) is 66.1 Å². The first-order chi connectivity index (χ1) is 15.7. The van der Waals surface area contributed by atoms with Gasteiger partial charge in [-0.2, -0.15) is 13.2 Å². The highest BCUT2D eigenvalue weighted by molar-refractivity contribution is 5.93. The van der Waals surface area contributed by atoms with Crippen LogP contribution in [0.25, 0.3) is 0 Å². The van der Waals surface area contributed by atoms with Crippen molar-refractivity contribution in [3.05, 3.63) is 83.2 Å². The van der Waals surface area contributed by atoms with Crippen molar-refractivity contribution in [1.82, 2.24) is 9.88 Å². The number of alkyl halides is 3. The van der Waals surface area contributed by atoms with Crippen molar-refractivity contribution in [3.8, 4) is 11.5 Å². The predicted molar refractivity (Wildman–Crippen MR) is 115 cm³/mol. The van der Waals surface area contributed by atoms with Gasteiger partial charge < -0.3 is 15.0 Å². The van der Waals surface area contributed by atoms with Crippen molar-refractivity contribution < 1.29 is 27.5 Å². The number of hydrogen-bond donors (Lipinski definition) is 1. The predicted octanol–water partition coefficient (Wildman–Crippen LogP) is 5.05. The quantitative estimate of drug-likeness (QED) is 0.598. The van der Waals surface area contributed by atoms with Gasteiger partial charge in [-0.25, -0.2) is 4.98 Å². The van der Waals surface area contributed by atoms with Crippen LogP contribution in [0.1, 0.15) is 34.1 Å². The van der Waals surface area contributed by atoms with Crippen LogP contribution in [0.5, 0.6) is 11.5 Å². The standard InChI is InChI=1S/C24H20F3N3O3/c1-15(31)29-19-5-9-22(28-13-19)23(32)30-11-10-16-12-21(6-2-17(16)14-30)33-20-7-3-18(4-8-20)24(25,26)27/h2-9,12-13H,10-11,14H2,1H3,(H,29,31). The number of carbonyl (C=O) groups excluding carboxylic acids is 2. The van der Waals surface area contributed by atoms with Crippen molar-refractivity contribution in [3.63, 3.8) is 0 Å². The van der Waals surface area contributed by atoms with Crippen LogP contribution in [0, 0.1) is 0 Å². The molecule has 4 rings (SSSR count). The lowest BCUT2D eigenvalue weighted by atomic mass is 9.99. The lowest BCUT2D eigenvalue weighted by Crippen LogP contribution is -2.36. The summed E-state index contributed by atoms with van der Waals surface area (Å²) in [5.74, 6) is 0.401. The number of nitrogens with one attached hydrogen (secondary N) is 1. The summed E-state index contributed by atoms with van der Waals surface area (Å²) in [6, 6.07) is 13.2. The summed E-state index contributed by atoms with van der Waals surface area (Å²) >= 11 is 0. The Bertz CT molecular complexity index is 1180. The van der Waals surface area contributed by atoms with E-state index in [4.69, 9.17) is 4.74 Å². The van der Waals surface area contributed by atoms with Crippen molar-refractivity contribution in [2.75, 3.05) is 11.9 Å². The van der Waals surface area contributed by atoms with E-state index in [1.165, 1.54) is 25.3 Å². The minimum Gasteiger partial charge on any atom is -0.457 e. The first kappa shape index (κ1) is 22.3. The molecular formula is C24H20F3N3O3. The van der Waals surface area contributed by atoms with Gasteiger partial charge in [0.05, 0.1) is 17.4 Å². The normalized spacial score (nSPS) is 13.3. The van der Waals surface area contributed by atoms with Crippen LogP contribution in [0.15, 0.2) is 60.8 Å². The van der Waals surface area contributed by atoms with Crippen LogP contribution >= 0.6 is 0 Å². The van der Waals surface area contributed by atoms with Gasteiger partial charge >= 0.3 is 6.18 Å². The Morgan fingerprint density at radius 1 is 1.00 bits per heavy atom. The van der Waals surface area contributed by atoms with E-state index in [9.17, 15) is 22.8 Å². The van der Waals surface area contributed by atoms with Gasteiger partial charge in [0, 0.05) is 20.0 Å². The van der Waals surface area contributed by atoms with Gasteiger partial charge in [-0.1, -0.05) is 6.07 Å². The molecule has 1 aliphatic heterocycles. The lowest BCUT2D eigenvalue weighted by molar-refractivity contribution is -0.137. The number of fused-ring (bicyclic) bond motifs is 1. The number of halogens is 3. The van der Waals surface area contributed by atoms with Crippen LogP contribution in [-0.2, 0) is 23.9 Å². The largest absolute Gasteiger partial charge is 0.457 e. The SMILES string of the molecule is CC(=O)Nc1ccc(C(=O)N2CCc3cc(Oc4ccc(C(F)(F)F)cc4)ccc3C2)nc1. The van der Waals surface area contributed by atoms with Crippen LogP contribution in [0.2, 0.25) is 0 Å². The number of benzene rings is 2. The van der Waals surface area contributed by atoms with Crippen molar-refractivity contribution in [1.29, 1.82) is 0 Å². The van der Waals surface area contributed by atoms with E-state index in [0.29, 0.717) is 36.7 Å². The fourth-order valence-corrected chi connectivity index (χ4v) is 3.57. The number of pyridine rings is 1. The number of rotatable bonds is 4. The highest BCUT2D eigenvalue weighted by Gasteiger charge is 2.30. The van der Waals surface area contributed by atoms with E-state index in [1.807, 2.05) is 12.1 Å². The second-order valence-electron chi connectivity index (χ2n) is 7.64. The van der Waals surface area contributed by atoms with Crippen LogP contribution in [0.3, 0.4) is 0 Å². The number of nitrogens with zero attached hydrogens (tertiary/aromatic N) is 2. The van der Waals surface area contributed by atoms with E-state index in [0.717, 1.165) is 23.3 Å². The van der Waals surface area contributed by atoms with E-state index in [1.54, 1.807) is 23.1 Å². The zero-order valence-corrected chi connectivity index (χ0v) is 17.6. The van der Waals surface area contributed by atoms with Crippen molar-refractivity contribution in [2.24, 2.45) is 0 Å². The molecule has 0 aliphatic carbocycles. The van der Waals surface area contributed by atoms with E-state index in [2.05, 4.69) is 10.3 Å². The number of carbonyl (C=O) groups is 2. The van der Waals surface area contributed by atoms with Crippen molar-refractivity contribution in [2.45, 2.75) is 26.1 Å². The molecule has 6 nitrogen and oxygen atoms in total. The third kappa shape index (κ3) is 5.31. The van der Waals surface area contributed by atoms with Gasteiger partial charge in [0.2, 0.25) is 5.91 Å². The average Bonchev–Trinajstić information content (AvgIpc) is 2.78. The first-order valence-corrected chi connectivity index (χ1v) is 10.2. The summed E-state index contributed by atoms with van der Waals surface area (Å²) in [6.07, 6.45) is -2.34. The Labute approximate surface area is 188 Å². The molecule has 0 radical (unpaired) electrons. The highest BCUT2D eigenvalue weighted by Crippen LogP contribution is 2.32. The van der Waals surface area contributed by atoms with Gasteiger partial charge in [-0.15, -0.1) is 0 Å². The summed E-state index contributed by atoms with van der Waals surface area (Å²) in [5, 5.41) is 2.61. The summed E-state index contributed by atoms with van der Waals surface area (Å²) in [5.41, 5.74) is 2.05. The van der Waals surface area contributed by atoms with E-state index < -0.39 is 11.7 Å². The Morgan fingerprint density at radius 3 is 2.36 bits per heavy atom. The zero-order valence-electron chi connectivity index (χ0n) is 17.6. The molecule has 9 heteroatoms. The molecular weight excluding hydrogens is 435 g/mol. The fraction of sp³-hybridized carbons (Fsp3) is 0.208. The molecule has 0 saturated heterocycles. The van der Waals surface area contributed by atoms with Crippen LogP contribution in [-0.4, -0.2) is 28.2 Å². The van der Waals surface area contributed by atoms with E-state index >= 15 is 0 Å². The third-order valence-electron chi connectivity index (χ3n) is 5.20. The molecule has 3 aromatic rings. The maximum atomic E-state index is 12.8. The summed E-state index contributed by atoms with van der Waals surface area (Å²) in [4.78, 5) is 29.8. The summed E-state index contributed by atoms with van der Waals surface area (Å²) < 4.78 is 43.8. The van der Waals surface area contributed by atoms with Crippen molar-refractivity contribution >= 4 is 17.5 Å². The number of anilines is 1. The molecule has 0 spiro atoms. The molecule has 1 aromatic heterocycles. The highest BCUT2D eigenvalue weighted by atomic mass is 19.4. The average molecular weight is 455 g/mol. The Hall–Kier alpha value is -3.88. The van der Waals surface area contributed by atoms with Gasteiger partial charge in [0.1, 0.15) is 17.2 Å². The second kappa shape index (κ2) is 8.93. The molecule has 1 aliphatic rings. The molecule has 33 heavy (non-hydrogen) atoms. The molecule has 0 unspecified atom stereocenters. The number of ether oxygens (including phenoxy) is 1. The third-order valence-corrected chi connectivity index (χ3v) is 5.20. The number of amides is 2. The maximum absolute atomic E-state index is 12.8. The molecule has 2 aromatic carbocycles. The fourth-order valence-electron chi connectivity index (χ4n) is 3.57. The van der Waals surface area contributed by atoms with Gasteiger partial charge in [0.25, 0.3) is 5.91 Å². The maximum Gasteiger partial charge on any atom is 0.416 e. The molecule has 0 fully saturated rings. The molecule has 170 valence electrons. The second-order valence-corrected chi connectivity index (χ2v) is 7.64. The molecule has 2 heterocycles. The molecule has 0 bridgehead atoms. The summed E-state index contributed by atoms with van der Waals surface area (Å²) in [6.45, 7) is 2.29. The lowest BCUT2D eigenvalue weighted by Gasteiger charge is -2.29. The molecule has 0 atom stereocenters. The zero-order chi connectivity index (χ0) is 23.6. The smallest absolute Gasteiger partial charge is 0.416 e. The Balaban J connectivity index is 1.42. The topological polar surface area (TPSA) is 71.5 Å². The minimum absolute atomic E-state index is 0.208. The first-order valence-electron chi connectivity index (χ1n) is 10.2. The molecule has 1 N–H and O–H groups in total. The van der Waals surface area contributed by atoms with Crippen LogP contribution < -0.4 is 10.1 Å². The monoisotopic (exact) mass is 455 g/mol. The van der Waals surface area contributed by atoms with Crippen LogP contribution in [0.4, 0.5) is 18.9 Å². The summed E-state index contributed by atoms with van der Waals surface area (Å²) in [7, 11) is 0. The van der Waals surface area contributed by atoms with E-state index in [-0.39, 0.29) is 17.5 Å². The van der Waals surface area contributed by atoms with Gasteiger partial charge in [-0.3, -0.25) is 9.59 Å². The minimum atomic E-state index is -4.39. The molecule has 2 amide bonds. The number of hydrogen-bond acceptors (Lipinski definition) is 4. The molecule has 0 saturated carbocycles. The number of aromatic nitrogens is 1. The Kier molecular flexibility index (Phi) is 6.04.